The van der Waals surface area contributed by atoms with Gasteiger partial charge in [0.25, 0.3) is 0 Å². The van der Waals surface area contributed by atoms with Crippen LogP contribution >= 0.6 is 0 Å². The molecule has 2 heterocycles. The number of ether oxygens (including phenoxy) is 2. The molecule has 1 saturated carbocycles. The van der Waals surface area contributed by atoms with Gasteiger partial charge in [0.1, 0.15) is 6.10 Å². The van der Waals surface area contributed by atoms with Crippen molar-refractivity contribution in [1.82, 2.24) is 19.7 Å². The molecule has 1 N–H and O–H groups in total. The Labute approximate surface area is 204 Å². The van der Waals surface area contributed by atoms with E-state index >= 15 is 0 Å². The highest BCUT2D eigenvalue weighted by Gasteiger charge is 2.29. The van der Waals surface area contributed by atoms with Crippen molar-refractivity contribution in [3.63, 3.8) is 0 Å². The summed E-state index contributed by atoms with van der Waals surface area (Å²) >= 11 is 0. The summed E-state index contributed by atoms with van der Waals surface area (Å²) < 4.78 is 13.3. The molecule has 9 nitrogen and oxygen atoms in total. The van der Waals surface area contributed by atoms with Crippen LogP contribution in [0.4, 0.5) is 0 Å². The number of carboxylic acid groups (broad SMARTS) is 1. The van der Waals surface area contributed by atoms with Crippen molar-refractivity contribution < 1.29 is 24.2 Å². The average molecular weight is 479 g/mol. The van der Waals surface area contributed by atoms with E-state index in [0.717, 1.165) is 18.4 Å². The molecule has 1 aliphatic rings. The molecule has 0 aliphatic heterocycles. The zero-order chi connectivity index (χ0) is 24.9. The minimum atomic E-state index is -0.776. The molecule has 184 valence electrons. The number of hydrogen-bond donors (Lipinski definition) is 1. The Bertz CT molecular complexity index is 1190. The number of carbonyl (C=O) groups excluding carboxylic acids is 1. The Morgan fingerprint density at radius 1 is 1.20 bits per heavy atom. The van der Waals surface area contributed by atoms with Crippen LogP contribution < -0.4 is 4.74 Å². The molecule has 0 bridgehead atoms. The Balaban J connectivity index is 1.45. The van der Waals surface area contributed by atoms with E-state index < -0.39 is 5.97 Å². The Morgan fingerprint density at radius 2 is 1.97 bits per heavy atom. The largest absolute Gasteiger partial charge is 0.487 e. The number of hydrogen-bond acceptors (Lipinski definition) is 7. The van der Waals surface area contributed by atoms with Gasteiger partial charge in [0.2, 0.25) is 0 Å². The first-order valence-corrected chi connectivity index (χ1v) is 11.8. The van der Waals surface area contributed by atoms with Gasteiger partial charge in [-0.1, -0.05) is 30.3 Å². The molecule has 35 heavy (non-hydrogen) atoms. The second-order valence-corrected chi connectivity index (χ2v) is 8.93. The van der Waals surface area contributed by atoms with Gasteiger partial charge in [-0.25, -0.2) is 9.97 Å². The van der Waals surface area contributed by atoms with E-state index in [-0.39, 0.29) is 30.5 Å². The number of benzene rings is 1. The molecule has 1 fully saturated rings. The van der Waals surface area contributed by atoms with Gasteiger partial charge in [0, 0.05) is 7.05 Å². The van der Waals surface area contributed by atoms with Crippen LogP contribution in [-0.4, -0.2) is 42.9 Å². The summed E-state index contributed by atoms with van der Waals surface area (Å²) in [6.45, 7) is 3.66. The van der Waals surface area contributed by atoms with Crippen LogP contribution in [0.3, 0.4) is 0 Å². The van der Waals surface area contributed by atoms with Gasteiger partial charge < -0.3 is 14.6 Å². The lowest BCUT2D eigenvalue weighted by molar-refractivity contribution is -0.148. The van der Waals surface area contributed by atoms with Gasteiger partial charge in [-0.2, -0.15) is 5.10 Å². The quantitative estimate of drug-likeness (QED) is 0.482. The van der Waals surface area contributed by atoms with Gasteiger partial charge in [0.05, 0.1) is 47.8 Å². The zero-order valence-corrected chi connectivity index (χ0v) is 20.2. The third-order valence-corrected chi connectivity index (χ3v) is 6.39. The topological polar surface area (TPSA) is 116 Å². The van der Waals surface area contributed by atoms with Crippen LogP contribution in [0, 0.1) is 12.8 Å². The summed E-state index contributed by atoms with van der Waals surface area (Å²) in [5, 5.41) is 13.6. The van der Waals surface area contributed by atoms with Crippen molar-refractivity contribution in [3.8, 4) is 17.1 Å². The fourth-order valence-corrected chi connectivity index (χ4v) is 4.38. The molecule has 2 aromatic heterocycles. The molecule has 0 saturated heterocycles. The van der Waals surface area contributed by atoms with E-state index in [9.17, 15) is 14.7 Å². The van der Waals surface area contributed by atoms with Crippen molar-refractivity contribution in [2.24, 2.45) is 13.0 Å². The molecule has 9 heteroatoms. The molecule has 3 aromatic rings. The highest BCUT2D eigenvalue weighted by molar-refractivity contribution is 5.75. The van der Waals surface area contributed by atoms with Crippen molar-refractivity contribution in [2.45, 2.75) is 58.2 Å². The fourth-order valence-electron chi connectivity index (χ4n) is 4.38. The molecule has 0 amide bonds. The van der Waals surface area contributed by atoms with Crippen LogP contribution in [0.5, 0.6) is 5.75 Å². The van der Waals surface area contributed by atoms with E-state index in [4.69, 9.17) is 9.47 Å². The minimum Gasteiger partial charge on any atom is -0.487 e. The lowest BCUT2D eigenvalue weighted by Crippen LogP contribution is -2.29. The second kappa shape index (κ2) is 10.7. The molecule has 0 unspecified atom stereocenters. The summed E-state index contributed by atoms with van der Waals surface area (Å²) in [5.74, 6) is -0.549. The number of aromatic nitrogens is 4. The molecule has 1 aliphatic carbocycles. The predicted molar refractivity (Wildman–Crippen MR) is 128 cm³/mol. The van der Waals surface area contributed by atoms with Gasteiger partial charge >= 0.3 is 11.9 Å². The second-order valence-electron chi connectivity index (χ2n) is 8.93. The first kappa shape index (κ1) is 24.4. The van der Waals surface area contributed by atoms with E-state index in [1.165, 1.54) is 0 Å². The normalized spacial score (nSPS) is 18.6. The highest BCUT2D eigenvalue weighted by Crippen LogP contribution is 2.30. The maximum atomic E-state index is 12.7. The van der Waals surface area contributed by atoms with Crippen LogP contribution in [-0.2, 0) is 27.8 Å². The minimum absolute atomic E-state index is 0.0301. The number of nitrogens with zero attached hydrogens (tertiary/aromatic N) is 4. The van der Waals surface area contributed by atoms with Crippen LogP contribution in [0.15, 0.2) is 42.7 Å². The fraction of sp³-hybridized carbons (Fsp3) is 0.423. The lowest BCUT2D eigenvalue weighted by Gasteiger charge is -2.27. The Morgan fingerprint density at radius 3 is 2.69 bits per heavy atom. The van der Waals surface area contributed by atoms with Crippen molar-refractivity contribution >= 4 is 11.9 Å². The SMILES string of the molecule is Cc1nc(-c2cnn(C)c2CC(=O)O[C@H](C)c2ccccc2)ncc1O[C@H]1CCC[C@H](C(=O)O)C1. The number of carboxylic acids is 1. The summed E-state index contributed by atoms with van der Waals surface area (Å²) in [6.07, 6.45) is 5.52. The van der Waals surface area contributed by atoms with E-state index in [2.05, 4.69) is 15.1 Å². The molecule has 0 spiro atoms. The molecular weight excluding hydrogens is 448 g/mol. The number of rotatable bonds is 8. The first-order valence-electron chi connectivity index (χ1n) is 11.8. The Kier molecular flexibility index (Phi) is 7.43. The van der Waals surface area contributed by atoms with E-state index in [1.54, 1.807) is 24.1 Å². The monoisotopic (exact) mass is 478 g/mol. The summed E-state index contributed by atoms with van der Waals surface area (Å²) in [5.41, 5.74) is 2.87. The molecule has 3 atom stereocenters. The molecule has 1 aromatic carbocycles. The summed E-state index contributed by atoms with van der Waals surface area (Å²) in [6, 6.07) is 9.57. The summed E-state index contributed by atoms with van der Waals surface area (Å²) in [4.78, 5) is 33.1. The highest BCUT2D eigenvalue weighted by atomic mass is 16.5. The molecule has 0 radical (unpaired) electrons. The van der Waals surface area contributed by atoms with Crippen molar-refractivity contribution in [3.05, 3.63) is 59.7 Å². The standard InChI is InChI=1S/C26H30N4O5/c1-16-23(35-20-11-7-10-19(12-20)26(32)33)15-27-25(29-16)21-14-28-30(3)22(21)13-24(31)34-17(2)18-8-5-4-6-9-18/h4-6,8-9,14-15,17,19-20H,7,10-13H2,1-3H3,(H,32,33)/t17-,19+,20+/m1/s1. The maximum Gasteiger partial charge on any atom is 0.312 e. The Hall–Kier alpha value is -3.75. The van der Waals surface area contributed by atoms with E-state index in [1.807, 2.05) is 44.2 Å². The molecular formula is C26H30N4O5. The number of aliphatic carboxylic acids is 1. The van der Waals surface area contributed by atoms with E-state index in [0.29, 0.717) is 41.4 Å². The van der Waals surface area contributed by atoms with Gasteiger partial charge in [-0.3, -0.25) is 14.3 Å². The number of aryl methyl sites for hydroxylation is 2. The smallest absolute Gasteiger partial charge is 0.312 e. The predicted octanol–water partition coefficient (Wildman–Crippen LogP) is 4.05. The average Bonchev–Trinajstić information content (AvgIpc) is 3.20. The van der Waals surface area contributed by atoms with Crippen LogP contribution in [0.25, 0.3) is 11.4 Å². The third-order valence-electron chi connectivity index (χ3n) is 6.39. The lowest BCUT2D eigenvalue weighted by atomic mass is 9.87. The van der Waals surface area contributed by atoms with Crippen molar-refractivity contribution in [1.29, 1.82) is 0 Å². The number of carbonyl (C=O) groups is 2. The molecule has 4 rings (SSSR count). The van der Waals surface area contributed by atoms with Crippen LogP contribution in [0.1, 0.15) is 55.7 Å². The summed E-state index contributed by atoms with van der Waals surface area (Å²) in [7, 11) is 1.76. The van der Waals surface area contributed by atoms with Crippen LogP contribution in [0.2, 0.25) is 0 Å². The van der Waals surface area contributed by atoms with Crippen molar-refractivity contribution in [2.75, 3.05) is 0 Å². The van der Waals surface area contributed by atoms with Gasteiger partial charge in [-0.05, 0) is 45.1 Å². The van der Waals surface area contributed by atoms with Gasteiger partial charge in [0.15, 0.2) is 11.6 Å². The third kappa shape index (κ3) is 5.85. The van der Waals surface area contributed by atoms with Gasteiger partial charge in [-0.15, -0.1) is 0 Å². The first-order chi connectivity index (χ1) is 16.8. The zero-order valence-electron chi connectivity index (χ0n) is 20.2. The number of esters is 1. The maximum absolute atomic E-state index is 12.7.